The third-order valence-corrected chi connectivity index (χ3v) is 3.91. The summed E-state index contributed by atoms with van der Waals surface area (Å²) in [6.45, 7) is 11.4. The standard InChI is InChI=1S/C15H32N2O/c1-4-15(2)18-14-13-16(3)9-8-12-17-10-6-5-7-11-17/h15H,4-14H2,1-3H3. The van der Waals surface area contributed by atoms with Crippen molar-refractivity contribution in [3.05, 3.63) is 0 Å². The first kappa shape index (κ1) is 15.9. The SMILES string of the molecule is CCC(C)OCCN(C)CCCN1CCCCC1. The van der Waals surface area contributed by atoms with Crippen molar-refractivity contribution >= 4 is 0 Å². The second kappa shape index (κ2) is 9.76. The minimum absolute atomic E-state index is 0.409. The van der Waals surface area contributed by atoms with E-state index in [-0.39, 0.29) is 0 Å². The molecule has 1 aliphatic heterocycles. The van der Waals surface area contributed by atoms with E-state index in [2.05, 4.69) is 30.7 Å². The number of likely N-dealkylation sites (N-methyl/N-ethyl adjacent to an activating group) is 1. The Morgan fingerprint density at radius 3 is 2.56 bits per heavy atom. The van der Waals surface area contributed by atoms with Gasteiger partial charge in [0.1, 0.15) is 0 Å². The fraction of sp³-hybridized carbons (Fsp3) is 1.00. The molecule has 3 nitrogen and oxygen atoms in total. The molecule has 0 radical (unpaired) electrons. The number of ether oxygens (including phenoxy) is 1. The molecule has 1 rings (SSSR count). The van der Waals surface area contributed by atoms with E-state index in [1.807, 2.05) is 0 Å². The number of nitrogens with zero attached hydrogens (tertiary/aromatic N) is 2. The molecule has 1 aliphatic rings. The first-order valence-corrected chi connectivity index (χ1v) is 7.75. The van der Waals surface area contributed by atoms with Crippen molar-refractivity contribution in [2.45, 2.75) is 52.1 Å². The Morgan fingerprint density at radius 1 is 1.17 bits per heavy atom. The van der Waals surface area contributed by atoms with Crippen LogP contribution in [0.25, 0.3) is 0 Å². The molecule has 1 fully saturated rings. The minimum atomic E-state index is 0.409. The third-order valence-electron chi connectivity index (χ3n) is 3.91. The van der Waals surface area contributed by atoms with E-state index >= 15 is 0 Å². The van der Waals surface area contributed by atoms with Crippen molar-refractivity contribution in [3.63, 3.8) is 0 Å². The fourth-order valence-electron chi connectivity index (χ4n) is 2.39. The van der Waals surface area contributed by atoms with E-state index in [1.54, 1.807) is 0 Å². The predicted molar refractivity (Wildman–Crippen MR) is 78.1 cm³/mol. The Hall–Kier alpha value is -0.120. The summed E-state index contributed by atoms with van der Waals surface area (Å²) in [4.78, 5) is 5.01. The first-order valence-electron chi connectivity index (χ1n) is 7.75. The highest BCUT2D eigenvalue weighted by Gasteiger charge is 2.09. The zero-order chi connectivity index (χ0) is 13.2. The van der Waals surface area contributed by atoms with Crippen molar-refractivity contribution in [2.24, 2.45) is 0 Å². The van der Waals surface area contributed by atoms with Gasteiger partial charge in [0.2, 0.25) is 0 Å². The number of hydrogen-bond donors (Lipinski definition) is 0. The van der Waals surface area contributed by atoms with Gasteiger partial charge in [-0.1, -0.05) is 13.3 Å². The van der Waals surface area contributed by atoms with Crippen molar-refractivity contribution < 1.29 is 4.74 Å². The summed E-state index contributed by atoms with van der Waals surface area (Å²) in [5.74, 6) is 0. The molecule has 1 saturated heterocycles. The lowest BCUT2D eigenvalue weighted by molar-refractivity contribution is 0.0498. The van der Waals surface area contributed by atoms with Gasteiger partial charge in [-0.15, -0.1) is 0 Å². The van der Waals surface area contributed by atoms with Gasteiger partial charge in [0.25, 0.3) is 0 Å². The molecule has 0 aromatic carbocycles. The Kier molecular flexibility index (Phi) is 8.64. The number of piperidine rings is 1. The van der Waals surface area contributed by atoms with Crippen LogP contribution in [-0.2, 0) is 4.74 Å². The van der Waals surface area contributed by atoms with Crippen LogP contribution in [0.5, 0.6) is 0 Å². The maximum absolute atomic E-state index is 5.71. The molecule has 0 aromatic rings. The summed E-state index contributed by atoms with van der Waals surface area (Å²) < 4.78 is 5.71. The second-order valence-electron chi connectivity index (χ2n) is 5.65. The molecule has 1 heterocycles. The molecule has 0 spiro atoms. The van der Waals surface area contributed by atoms with Crippen molar-refractivity contribution in [2.75, 3.05) is 46.4 Å². The smallest absolute Gasteiger partial charge is 0.0596 e. The molecule has 0 amide bonds. The van der Waals surface area contributed by atoms with Crippen LogP contribution in [0.2, 0.25) is 0 Å². The van der Waals surface area contributed by atoms with Crippen LogP contribution in [-0.4, -0.2) is 62.3 Å². The normalized spacial score (nSPS) is 19.3. The molecule has 0 aromatic heterocycles. The average Bonchev–Trinajstić information content (AvgIpc) is 2.39. The molecule has 0 bridgehead atoms. The largest absolute Gasteiger partial charge is 0.377 e. The molecule has 0 N–H and O–H groups in total. The molecule has 18 heavy (non-hydrogen) atoms. The molecule has 108 valence electrons. The van der Waals surface area contributed by atoms with Crippen LogP contribution < -0.4 is 0 Å². The van der Waals surface area contributed by atoms with Crippen LogP contribution in [0.3, 0.4) is 0 Å². The lowest BCUT2D eigenvalue weighted by atomic mass is 10.1. The van der Waals surface area contributed by atoms with Gasteiger partial charge in [-0.25, -0.2) is 0 Å². The van der Waals surface area contributed by atoms with Crippen LogP contribution in [0, 0.1) is 0 Å². The summed E-state index contributed by atoms with van der Waals surface area (Å²) in [6.07, 6.45) is 7.05. The number of likely N-dealkylation sites (tertiary alicyclic amines) is 1. The lowest BCUT2D eigenvalue weighted by Crippen LogP contribution is -2.33. The first-order chi connectivity index (χ1) is 8.72. The highest BCUT2D eigenvalue weighted by molar-refractivity contribution is 4.65. The molecular formula is C15H32N2O. The van der Waals surface area contributed by atoms with Gasteiger partial charge < -0.3 is 14.5 Å². The molecule has 0 aliphatic carbocycles. The van der Waals surface area contributed by atoms with Crippen LogP contribution in [0.4, 0.5) is 0 Å². The Morgan fingerprint density at radius 2 is 1.89 bits per heavy atom. The van der Waals surface area contributed by atoms with Gasteiger partial charge in [-0.3, -0.25) is 0 Å². The van der Waals surface area contributed by atoms with E-state index < -0.39 is 0 Å². The van der Waals surface area contributed by atoms with E-state index in [0.717, 1.165) is 19.6 Å². The van der Waals surface area contributed by atoms with Gasteiger partial charge in [0, 0.05) is 6.54 Å². The predicted octanol–water partition coefficient (Wildman–Crippen LogP) is 2.61. The van der Waals surface area contributed by atoms with Crippen molar-refractivity contribution in [3.8, 4) is 0 Å². The van der Waals surface area contributed by atoms with Gasteiger partial charge in [0.05, 0.1) is 12.7 Å². The summed E-state index contributed by atoms with van der Waals surface area (Å²) in [5.41, 5.74) is 0. The maximum Gasteiger partial charge on any atom is 0.0596 e. The second-order valence-corrected chi connectivity index (χ2v) is 5.65. The third kappa shape index (κ3) is 7.34. The summed E-state index contributed by atoms with van der Waals surface area (Å²) >= 11 is 0. The van der Waals surface area contributed by atoms with Crippen LogP contribution in [0.15, 0.2) is 0 Å². The van der Waals surface area contributed by atoms with E-state index in [1.165, 1.54) is 51.9 Å². The maximum atomic E-state index is 5.71. The Balaban J connectivity index is 1.94. The van der Waals surface area contributed by atoms with E-state index in [9.17, 15) is 0 Å². The van der Waals surface area contributed by atoms with Gasteiger partial charge in [-0.2, -0.15) is 0 Å². The highest BCUT2D eigenvalue weighted by atomic mass is 16.5. The molecule has 1 atom stereocenters. The van der Waals surface area contributed by atoms with Crippen molar-refractivity contribution in [1.82, 2.24) is 9.80 Å². The fourth-order valence-corrected chi connectivity index (χ4v) is 2.39. The van der Waals surface area contributed by atoms with Crippen LogP contribution >= 0.6 is 0 Å². The monoisotopic (exact) mass is 256 g/mol. The zero-order valence-electron chi connectivity index (χ0n) is 12.7. The van der Waals surface area contributed by atoms with Crippen LogP contribution in [0.1, 0.15) is 46.0 Å². The Labute approximate surface area is 113 Å². The summed E-state index contributed by atoms with van der Waals surface area (Å²) in [5, 5.41) is 0. The minimum Gasteiger partial charge on any atom is -0.377 e. The van der Waals surface area contributed by atoms with Crippen molar-refractivity contribution in [1.29, 1.82) is 0 Å². The van der Waals surface area contributed by atoms with Gasteiger partial charge in [-0.05, 0) is 65.8 Å². The molecule has 1 unspecified atom stereocenters. The Bertz CT molecular complexity index is 193. The zero-order valence-corrected chi connectivity index (χ0v) is 12.7. The summed E-state index contributed by atoms with van der Waals surface area (Å²) in [7, 11) is 2.20. The summed E-state index contributed by atoms with van der Waals surface area (Å²) in [6, 6.07) is 0. The van der Waals surface area contributed by atoms with E-state index in [4.69, 9.17) is 4.74 Å². The average molecular weight is 256 g/mol. The van der Waals surface area contributed by atoms with Gasteiger partial charge in [0.15, 0.2) is 0 Å². The van der Waals surface area contributed by atoms with E-state index in [0.29, 0.717) is 6.10 Å². The lowest BCUT2D eigenvalue weighted by Gasteiger charge is -2.27. The topological polar surface area (TPSA) is 15.7 Å². The molecule has 3 heteroatoms. The number of rotatable bonds is 9. The molecule has 0 saturated carbocycles. The number of hydrogen-bond acceptors (Lipinski definition) is 3. The quantitative estimate of drug-likeness (QED) is 0.631. The van der Waals surface area contributed by atoms with Gasteiger partial charge >= 0.3 is 0 Å². The molecular weight excluding hydrogens is 224 g/mol. The highest BCUT2D eigenvalue weighted by Crippen LogP contribution is 2.08.